The highest BCUT2D eigenvalue weighted by Crippen LogP contribution is 2.37. The standard InChI is InChI=1S/C15H21NO2S/c1-19-15-5-3-2-4-12(15)16-13-9-18-14-8-10(17)6-7-11(13)14/h6-8,12-13,15-17H,2-5,9H2,1H3. The molecule has 0 saturated heterocycles. The van der Waals surface area contributed by atoms with E-state index in [9.17, 15) is 5.11 Å². The van der Waals surface area contributed by atoms with Crippen LogP contribution in [0.25, 0.3) is 0 Å². The summed E-state index contributed by atoms with van der Waals surface area (Å²) in [6, 6.07) is 6.29. The number of ether oxygens (including phenoxy) is 1. The van der Waals surface area contributed by atoms with Crippen LogP contribution in [0.1, 0.15) is 37.3 Å². The zero-order valence-corrected chi connectivity index (χ0v) is 12.1. The molecule has 3 unspecified atom stereocenters. The predicted molar refractivity (Wildman–Crippen MR) is 79.0 cm³/mol. The summed E-state index contributed by atoms with van der Waals surface area (Å²) in [5.74, 6) is 1.10. The van der Waals surface area contributed by atoms with E-state index in [-0.39, 0.29) is 11.8 Å². The van der Waals surface area contributed by atoms with Crippen LogP contribution in [-0.2, 0) is 0 Å². The van der Waals surface area contributed by atoms with Crippen molar-refractivity contribution in [3.8, 4) is 11.5 Å². The monoisotopic (exact) mass is 279 g/mol. The minimum absolute atomic E-state index is 0.272. The van der Waals surface area contributed by atoms with Gasteiger partial charge in [0, 0.05) is 22.9 Å². The number of phenols is 1. The van der Waals surface area contributed by atoms with Gasteiger partial charge in [0.05, 0.1) is 6.04 Å². The van der Waals surface area contributed by atoms with Crippen LogP contribution in [0.15, 0.2) is 18.2 Å². The van der Waals surface area contributed by atoms with Crippen molar-refractivity contribution >= 4 is 11.8 Å². The zero-order valence-electron chi connectivity index (χ0n) is 11.3. The summed E-state index contributed by atoms with van der Waals surface area (Å²) in [6.45, 7) is 0.677. The van der Waals surface area contributed by atoms with Gasteiger partial charge in [0.1, 0.15) is 18.1 Å². The fraction of sp³-hybridized carbons (Fsp3) is 0.600. The maximum absolute atomic E-state index is 9.48. The van der Waals surface area contributed by atoms with E-state index in [1.165, 1.54) is 31.2 Å². The molecule has 2 N–H and O–H groups in total. The number of benzene rings is 1. The van der Waals surface area contributed by atoms with Gasteiger partial charge in [-0.2, -0.15) is 11.8 Å². The van der Waals surface area contributed by atoms with Crippen molar-refractivity contribution in [2.24, 2.45) is 0 Å². The molecular formula is C15H21NO2S. The number of aromatic hydroxyl groups is 1. The number of fused-ring (bicyclic) bond motifs is 1. The summed E-state index contributed by atoms with van der Waals surface area (Å²) in [7, 11) is 0. The Morgan fingerprint density at radius 2 is 2.16 bits per heavy atom. The van der Waals surface area contributed by atoms with Gasteiger partial charge in [-0.15, -0.1) is 0 Å². The number of rotatable bonds is 3. The molecule has 3 nitrogen and oxygen atoms in total. The molecule has 3 atom stereocenters. The van der Waals surface area contributed by atoms with Crippen molar-refractivity contribution in [2.75, 3.05) is 12.9 Å². The molecule has 104 valence electrons. The maximum Gasteiger partial charge on any atom is 0.127 e. The summed E-state index contributed by atoms with van der Waals surface area (Å²) in [4.78, 5) is 0. The van der Waals surface area contributed by atoms with Gasteiger partial charge >= 0.3 is 0 Å². The van der Waals surface area contributed by atoms with Crippen LogP contribution in [0, 0.1) is 0 Å². The van der Waals surface area contributed by atoms with Crippen LogP contribution in [0.3, 0.4) is 0 Å². The first-order valence-corrected chi connectivity index (χ1v) is 8.31. The van der Waals surface area contributed by atoms with E-state index in [2.05, 4.69) is 11.6 Å². The van der Waals surface area contributed by atoms with E-state index in [0.29, 0.717) is 12.6 Å². The van der Waals surface area contributed by atoms with E-state index >= 15 is 0 Å². The fourth-order valence-corrected chi connectivity index (χ4v) is 4.11. The van der Waals surface area contributed by atoms with Gasteiger partial charge in [-0.25, -0.2) is 0 Å². The Hall–Kier alpha value is -0.870. The first-order valence-electron chi connectivity index (χ1n) is 7.02. The van der Waals surface area contributed by atoms with Gasteiger partial charge in [-0.05, 0) is 31.2 Å². The number of hydrogen-bond acceptors (Lipinski definition) is 4. The van der Waals surface area contributed by atoms with Gasteiger partial charge < -0.3 is 15.2 Å². The Kier molecular flexibility index (Phi) is 3.89. The Labute approximate surface area is 118 Å². The van der Waals surface area contributed by atoms with E-state index in [4.69, 9.17) is 4.74 Å². The third-order valence-corrected chi connectivity index (χ3v) is 5.37. The molecule has 1 heterocycles. The lowest BCUT2D eigenvalue weighted by Gasteiger charge is -2.33. The largest absolute Gasteiger partial charge is 0.508 e. The Morgan fingerprint density at radius 3 is 3.00 bits per heavy atom. The van der Waals surface area contributed by atoms with Crippen LogP contribution in [0.5, 0.6) is 11.5 Å². The lowest BCUT2D eigenvalue weighted by molar-refractivity contribution is 0.278. The summed E-state index contributed by atoms with van der Waals surface area (Å²) < 4.78 is 5.67. The first kappa shape index (κ1) is 13.1. The Bertz CT molecular complexity index is 452. The molecule has 1 saturated carbocycles. The van der Waals surface area contributed by atoms with Crippen molar-refractivity contribution in [1.29, 1.82) is 0 Å². The molecule has 3 rings (SSSR count). The molecular weight excluding hydrogens is 258 g/mol. The summed E-state index contributed by atoms with van der Waals surface area (Å²) in [5, 5.41) is 14.0. The molecule has 1 aliphatic carbocycles. The first-order chi connectivity index (χ1) is 9.28. The van der Waals surface area contributed by atoms with Crippen molar-refractivity contribution in [2.45, 2.75) is 43.0 Å². The molecule has 1 aromatic carbocycles. The van der Waals surface area contributed by atoms with E-state index in [1.807, 2.05) is 17.8 Å². The number of thioether (sulfide) groups is 1. The third kappa shape index (κ3) is 2.70. The zero-order chi connectivity index (χ0) is 13.2. The topological polar surface area (TPSA) is 41.5 Å². The molecule has 0 spiro atoms. The highest BCUT2D eigenvalue weighted by atomic mass is 32.2. The molecule has 0 amide bonds. The lowest BCUT2D eigenvalue weighted by atomic mass is 9.93. The average Bonchev–Trinajstić information content (AvgIpc) is 2.82. The molecule has 0 radical (unpaired) electrons. The normalized spacial score (nSPS) is 29.8. The average molecular weight is 279 g/mol. The molecule has 1 aliphatic heterocycles. The SMILES string of the molecule is CSC1CCCCC1NC1COc2cc(O)ccc21. The second kappa shape index (κ2) is 5.63. The molecule has 2 aliphatic rings. The predicted octanol–water partition coefficient (Wildman–Crippen LogP) is 3.09. The second-order valence-corrected chi connectivity index (χ2v) is 6.49. The highest BCUT2D eigenvalue weighted by molar-refractivity contribution is 7.99. The molecule has 0 aromatic heterocycles. The maximum atomic E-state index is 9.48. The third-order valence-electron chi connectivity index (χ3n) is 4.20. The van der Waals surface area contributed by atoms with Crippen molar-refractivity contribution in [3.63, 3.8) is 0 Å². The van der Waals surface area contributed by atoms with E-state index in [1.54, 1.807) is 12.1 Å². The van der Waals surface area contributed by atoms with Gasteiger partial charge in [0.15, 0.2) is 0 Å². The molecule has 0 bridgehead atoms. The van der Waals surface area contributed by atoms with Crippen LogP contribution in [0.4, 0.5) is 0 Å². The van der Waals surface area contributed by atoms with Crippen molar-refractivity contribution in [3.05, 3.63) is 23.8 Å². The lowest BCUT2D eigenvalue weighted by Crippen LogP contribution is -2.42. The molecule has 19 heavy (non-hydrogen) atoms. The van der Waals surface area contributed by atoms with Crippen LogP contribution in [0.2, 0.25) is 0 Å². The van der Waals surface area contributed by atoms with Gasteiger partial charge in [0.2, 0.25) is 0 Å². The Morgan fingerprint density at radius 1 is 1.32 bits per heavy atom. The molecule has 4 heteroatoms. The quantitative estimate of drug-likeness (QED) is 0.892. The smallest absolute Gasteiger partial charge is 0.127 e. The minimum Gasteiger partial charge on any atom is -0.508 e. The van der Waals surface area contributed by atoms with Gasteiger partial charge in [-0.3, -0.25) is 0 Å². The number of phenolic OH excluding ortho intramolecular Hbond substituents is 1. The van der Waals surface area contributed by atoms with Crippen LogP contribution in [-0.4, -0.2) is 29.3 Å². The van der Waals surface area contributed by atoms with Crippen LogP contribution >= 0.6 is 11.8 Å². The molecule has 1 aromatic rings. The summed E-state index contributed by atoms with van der Waals surface area (Å²) in [6.07, 6.45) is 7.46. The molecule has 1 fully saturated rings. The summed E-state index contributed by atoms with van der Waals surface area (Å²) in [5.41, 5.74) is 1.18. The van der Waals surface area contributed by atoms with E-state index in [0.717, 1.165) is 11.0 Å². The number of hydrogen-bond donors (Lipinski definition) is 2. The number of nitrogens with one attached hydrogen (secondary N) is 1. The van der Waals surface area contributed by atoms with Crippen molar-refractivity contribution in [1.82, 2.24) is 5.32 Å². The fourth-order valence-electron chi connectivity index (χ4n) is 3.16. The van der Waals surface area contributed by atoms with E-state index < -0.39 is 0 Å². The minimum atomic E-state index is 0.272. The second-order valence-electron chi connectivity index (χ2n) is 5.42. The van der Waals surface area contributed by atoms with Gasteiger partial charge in [-0.1, -0.05) is 12.8 Å². The van der Waals surface area contributed by atoms with Gasteiger partial charge in [0.25, 0.3) is 0 Å². The summed E-state index contributed by atoms with van der Waals surface area (Å²) >= 11 is 1.98. The Balaban J connectivity index is 1.71. The van der Waals surface area contributed by atoms with Crippen molar-refractivity contribution < 1.29 is 9.84 Å². The van der Waals surface area contributed by atoms with Crippen LogP contribution < -0.4 is 10.1 Å². The highest BCUT2D eigenvalue weighted by Gasteiger charge is 2.31.